The monoisotopic (exact) mass is 220 g/mol. The van der Waals surface area contributed by atoms with Crippen LogP contribution in [0.25, 0.3) is 0 Å². The molecule has 16 heavy (non-hydrogen) atoms. The van der Waals surface area contributed by atoms with Crippen LogP contribution in [0.3, 0.4) is 0 Å². The number of benzene rings is 1. The van der Waals surface area contributed by atoms with Crippen molar-refractivity contribution in [3.63, 3.8) is 0 Å². The Balaban J connectivity index is 0.000000385. The number of hydrogen-bond donors (Lipinski definition) is 0. The Morgan fingerprint density at radius 2 is 1.19 bits per heavy atom. The van der Waals surface area contributed by atoms with Crippen LogP contribution in [0.15, 0.2) is 30.3 Å². The third kappa shape index (κ3) is 7.50. The molecule has 0 fully saturated rings. The third-order valence-electron chi connectivity index (χ3n) is 2.44. The predicted molar refractivity (Wildman–Crippen MR) is 74.9 cm³/mol. The molecule has 0 spiro atoms. The Hall–Kier alpha value is -0.780. The second kappa shape index (κ2) is 6.08. The summed E-state index contributed by atoms with van der Waals surface area (Å²) in [4.78, 5) is 0. The van der Waals surface area contributed by atoms with Crippen LogP contribution in [0, 0.1) is 5.41 Å². The molecule has 0 aliphatic heterocycles. The Morgan fingerprint density at radius 1 is 0.812 bits per heavy atom. The first-order valence-electron chi connectivity index (χ1n) is 6.22. The van der Waals surface area contributed by atoms with Gasteiger partial charge in [0.25, 0.3) is 0 Å². The van der Waals surface area contributed by atoms with E-state index >= 15 is 0 Å². The van der Waals surface area contributed by atoms with Crippen LogP contribution in [-0.2, 0) is 5.41 Å². The Morgan fingerprint density at radius 3 is 1.50 bits per heavy atom. The van der Waals surface area contributed by atoms with Gasteiger partial charge < -0.3 is 0 Å². The summed E-state index contributed by atoms with van der Waals surface area (Å²) in [6.07, 6.45) is 1.19. The molecule has 92 valence electrons. The first-order valence-corrected chi connectivity index (χ1v) is 6.22. The van der Waals surface area contributed by atoms with Gasteiger partial charge in [-0.25, -0.2) is 0 Å². The average molecular weight is 220 g/mol. The molecule has 0 aliphatic carbocycles. The predicted octanol–water partition coefficient (Wildman–Crippen LogP) is 5.43. The van der Waals surface area contributed by atoms with Crippen molar-refractivity contribution in [2.75, 3.05) is 0 Å². The molecule has 0 amide bonds. The van der Waals surface area contributed by atoms with Gasteiger partial charge in [0.15, 0.2) is 0 Å². The molecule has 0 nitrogen and oxygen atoms in total. The van der Waals surface area contributed by atoms with Crippen molar-refractivity contribution in [2.45, 2.75) is 60.3 Å². The van der Waals surface area contributed by atoms with E-state index in [1.54, 1.807) is 0 Å². The Bertz CT molecular complexity index is 269. The molecule has 0 atom stereocenters. The minimum atomic E-state index is 0.335. The molecule has 0 saturated carbocycles. The molecule has 0 unspecified atom stereocenters. The van der Waals surface area contributed by atoms with Gasteiger partial charge in [-0.15, -0.1) is 0 Å². The van der Waals surface area contributed by atoms with Crippen molar-refractivity contribution in [1.82, 2.24) is 0 Å². The van der Waals surface area contributed by atoms with E-state index in [0.717, 1.165) is 0 Å². The fourth-order valence-electron chi connectivity index (χ4n) is 1.09. The van der Waals surface area contributed by atoms with Crippen LogP contribution >= 0.6 is 0 Å². The lowest BCUT2D eigenvalue weighted by Gasteiger charge is -2.22. The van der Waals surface area contributed by atoms with Gasteiger partial charge in [0.2, 0.25) is 0 Å². The second-order valence-electron chi connectivity index (χ2n) is 6.60. The highest BCUT2D eigenvalue weighted by atomic mass is 14.2. The van der Waals surface area contributed by atoms with E-state index in [2.05, 4.69) is 78.8 Å². The summed E-state index contributed by atoms with van der Waals surface area (Å²) < 4.78 is 0. The van der Waals surface area contributed by atoms with E-state index in [-0.39, 0.29) is 0 Å². The molecular weight excluding hydrogens is 192 g/mol. The average Bonchev–Trinajstić information content (AvgIpc) is 2.17. The molecule has 0 radical (unpaired) electrons. The van der Waals surface area contributed by atoms with E-state index in [0.29, 0.717) is 10.8 Å². The minimum absolute atomic E-state index is 0.335. The molecule has 1 aromatic carbocycles. The first-order chi connectivity index (χ1) is 7.17. The minimum Gasteiger partial charge on any atom is -0.0646 e. The lowest BCUT2D eigenvalue weighted by atomic mass is 9.82. The van der Waals surface area contributed by atoms with E-state index in [1.807, 2.05) is 0 Å². The molecule has 0 bridgehead atoms. The fourth-order valence-corrected chi connectivity index (χ4v) is 1.09. The van der Waals surface area contributed by atoms with E-state index < -0.39 is 0 Å². The normalized spacial score (nSPS) is 11.7. The van der Waals surface area contributed by atoms with Crippen molar-refractivity contribution >= 4 is 0 Å². The van der Waals surface area contributed by atoms with Gasteiger partial charge in [-0.05, 0) is 22.8 Å². The molecule has 0 saturated heterocycles. The lowest BCUT2D eigenvalue weighted by Crippen LogP contribution is -2.14. The highest BCUT2D eigenvalue weighted by Gasteiger charge is 2.16. The molecule has 1 rings (SSSR count). The van der Waals surface area contributed by atoms with Gasteiger partial charge in [0, 0.05) is 0 Å². The summed E-state index contributed by atoms with van der Waals surface area (Å²) in [6, 6.07) is 10.7. The third-order valence-corrected chi connectivity index (χ3v) is 2.44. The van der Waals surface area contributed by atoms with Crippen molar-refractivity contribution < 1.29 is 0 Å². The van der Waals surface area contributed by atoms with Gasteiger partial charge >= 0.3 is 0 Å². The molecule has 0 aromatic heterocycles. The number of rotatable bonds is 2. The highest BCUT2D eigenvalue weighted by Crippen LogP contribution is 2.25. The van der Waals surface area contributed by atoms with Crippen LogP contribution in [0.5, 0.6) is 0 Å². The van der Waals surface area contributed by atoms with Crippen LogP contribution in [0.1, 0.15) is 60.5 Å². The summed E-state index contributed by atoms with van der Waals surface area (Å²) in [5.41, 5.74) is 2.27. The summed E-state index contributed by atoms with van der Waals surface area (Å²) in [7, 11) is 0. The molecule has 1 aromatic rings. The summed E-state index contributed by atoms with van der Waals surface area (Å²) in [5, 5.41) is 0. The molecule has 0 aliphatic rings. The maximum Gasteiger partial charge on any atom is -0.0106 e. The van der Waals surface area contributed by atoms with Gasteiger partial charge in [0.1, 0.15) is 0 Å². The summed E-state index contributed by atoms with van der Waals surface area (Å²) in [6.45, 7) is 15.5. The fraction of sp³-hybridized carbons (Fsp3) is 0.625. The zero-order valence-electron chi connectivity index (χ0n) is 12.1. The number of hydrogen-bond acceptors (Lipinski definition) is 0. The van der Waals surface area contributed by atoms with E-state index in [1.165, 1.54) is 12.0 Å². The lowest BCUT2D eigenvalue weighted by molar-refractivity contribution is 0.469. The topological polar surface area (TPSA) is 0 Å². The van der Waals surface area contributed by atoms with Gasteiger partial charge in [-0.3, -0.25) is 0 Å². The van der Waals surface area contributed by atoms with Crippen molar-refractivity contribution in [3.05, 3.63) is 35.9 Å². The van der Waals surface area contributed by atoms with Gasteiger partial charge in [-0.2, -0.15) is 0 Å². The Labute approximate surface area is 102 Å². The zero-order valence-corrected chi connectivity index (χ0v) is 12.1. The molecular formula is C16H28. The SMILES string of the molecule is CC(C)(C)C.CCC(C)(C)c1ccccc1. The Kier molecular flexibility index (Phi) is 5.78. The van der Waals surface area contributed by atoms with Crippen LogP contribution < -0.4 is 0 Å². The molecule has 0 heteroatoms. The van der Waals surface area contributed by atoms with Crippen molar-refractivity contribution in [2.24, 2.45) is 5.41 Å². The highest BCUT2D eigenvalue weighted by molar-refractivity contribution is 5.22. The van der Waals surface area contributed by atoms with E-state index in [9.17, 15) is 0 Å². The van der Waals surface area contributed by atoms with E-state index in [4.69, 9.17) is 0 Å². The summed E-state index contributed by atoms with van der Waals surface area (Å²) >= 11 is 0. The van der Waals surface area contributed by atoms with Crippen LogP contribution in [0.2, 0.25) is 0 Å². The smallest absolute Gasteiger partial charge is 0.0106 e. The second-order valence-corrected chi connectivity index (χ2v) is 6.60. The largest absolute Gasteiger partial charge is 0.0646 e. The van der Waals surface area contributed by atoms with Crippen LogP contribution in [-0.4, -0.2) is 0 Å². The van der Waals surface area contributed by atoms with Crippen LogP contribution in [0.4, 0.5) is 0 Å². The quantitative estimate of drug-likeness (QED) is 0.623. The summed E-state index contributed by atoms with van der Waals surface area (Å²) in [5.74, 6) is 0. The maximum absolute atomic E-state index is 2.28. The maximum atomic E-state index is 2.28. The first kappa shape index (κ1) is 15.2. The zero-order chi connectivity index (χ0) is 12.8. The molecule has 0 heterocycles. The standard InChI is InChI=1S/C11H16.C5H12/c1-4-11(2,3)10-8-6-5-7-9-10;1-5(2,3)4/h5-9H,4H2,1-3H3;1-4H3. The van der Waals surface area contributed by atoms with Gasteiger partial charge in [0.05, 0.1) is 0 Å². The van der Waals surface area contributed by atoms with Crippen molar-refractivity contribution in [3.8, 4) is 0 Å². The van der Waals surface area contributed by atoms with Gasteiger partial charge in [-0.1, -0.05) is 78.8 Å². The molecule has 0 N–H and O–H groups in total. The van der Waals surface area contributed by atoms with Crippen molar-refractivity contribution in [1.29, 1.82) is 0 Å².